The highest BCUT2D eigenvalue weighted by Crippen LogP contribution is 2.06. The first-order valence-electron chi connectivity index (χ1n) is 7.69. The fourth-order valence-electron chi connectivity index (χ4n) is 1.83. The molecule has 7 heteroatoms. The van der Waals surface area contributed by atoms with E-state index in [2.05, 4.69) is 30.3 Å². The first-order chi connectivity index (χ1) is 10.8. The van der Waals surface area contributed by atoms with Crippen molar-refractivity contribution in [3.8, 4) is 0 Å². The molecule has 0 fully saturated rings. The first kappa shape index (κ1) is 19.2. The second-order valence-electron chi connectivity index (χ2n) is 6.60. The van der Waals surface area contributed by atoms with Gasteiger partial charge in [0.15, 0.2) is 0 Å². The zero-order chi connectivity index (χ0) is 17.3. The van der Waals surface area contributed by atoms with Crippen molar-refractivity contribution < 1.29 is 19.4 Å². The van der Waals surface area contributed by atoms with Gasteiger partial charge < -0.3 is 20.5 Å². The van der Waals surface area contributed by atoms with Crippen molar-refractivity contribution in [2.24, 2.45) is 0 Å². The molecule has 0 aromatic heterocycles. The second kappa shape index (κ2) is 9.31. The number of carbonyl (C=O) groups is 2. The molecule has 0 saturated carbocycles. The van der Waals surface area contributed by atoms with Crippen molar-refractivity contribution in [2.75, 3.05) is 13.1 Å². The van der Waals surface area contributed by atoms with Gasteiger partial charge in [-0.05, 0) is 18.2 Å². The lowest BCUT2D eigenvalue weighted by molar-refractivity contribution is -0.139. The molecule has 1 atom stereocenters. The minimum Gasteiger partial charge on any atom is -0.480 e. The average molecular weight is 338 g/mol. The third kappa shape index (κ3) is 8.99. The van der Waals surface area contributed by atoms with Gasteiger partial charge in [0, 0.05) is 14.6 Å². The summed E-state index contributed by atoms with van der Waals surface area (Å²) in [5.41, 5.74) is 0.880. The van der Waals surface area contributed by atoms with Crippen LogP contribution in [0.4, 0.5) is 4.79 Å². The van der Waals surface area contributed by atoms with E-state index in [1.54, 1.807) is 0 Å². The summed E-state index contributed by atoms with van der Waals surface area (Å²) in [5.74, 6) is -0.982. The smallest absolute Gasteiger partial charge is 0.407 e. The molecule has 1 amide bonds. The van der Waals surface area contributed by atoms with Crippen molar-refractivity contribution in [3.63, 3.8) is 0 Å². The highest BCUT2D eigenvalue weighted by Gasteiger charge is 2.20. The van der Waals surface area contributed by atoms with Crippen LogP contribution in [-0.2, 0) is 16.1 Å². The molecule has 0 bridgehead atoms. The Labute approximate surface area is 138 Å². The molecule has 0 spiro atoms. The number of hydrogen-bond acceptors (Lipinski definition) is 4. The van der Waals surface area contributed by atoms with Crippen LogP contribution in [0, 0.1) is 0 Å². The van der Waals surface area contributed by atoms with Gasteiger partial charge >= 0.3 is 12.1 Å². The number of ether oxygens (including phenoxy) is 1. The van der Waals surface area contributed by atoms with E-state index >= 15 is 0 Å². The number of carboxylic acids is 1. The molecule has 0 aliphatic carbocycles. The Morgan fingerprint density at radius 1 is 1.22 bits per heavy atom. The van der Waals surface area contributed by atoms with E-state index in [1.807, 2.05) is 30.3 Å². The van der Waals surface area contributed by atoms with Gasteiger partial charge in [0.05, 0.1) is 0 Å². The standard InChI is InChI=1S/C16H26N2O4Si/c1-23(2,3)10-9-17-14(15(19)20)11-18-16(21)22-12-13-7-5-4-6-8-13/h4-8,14,17H,9-12H2,1-3H3,(H,18,21)(H,19,20)/t14-/m0/s1. The van der Waals surface area contributed by atoms with Crippen LogP contribution >= 0.6 is 0 Å². The topological polar surface area (TPSA) is 87.7 Å². The van der Waals surface area contributed by atoms with Crippen LogP contribution in [0.5, 0.6) is 0 Å². The Morgan fingerprint density at radius 2 is 1.87 bits per heavy atom. The molecule has 0 saturated heterocycles. The lowest BCUT2D eigenvalue weighted by Gasteiger charge is -2.19. The Bertz CT molecular complexity index is 503. The number of alkyl carbamates (subject to hydrolysis) is 1. The van der Waals surface area contributed by atoms with Crippen LogP contribution in [0.1, 0.15) is 5.56 Å². The largest absolute Gasteiger partial charge is 0.480 e. The number of hydrogen-bond donors (Lipinski definition) is 3. The van der Waals surface area contributed by atoms with E-state index in [9.17, 15) is 14.7 Å². The predicted octanol–water partition coefficient (Wildman–Crippen LogP) is 2.29. The van der Waals surface area contributed by atoms with Crippen LogP contribution in [0.25, 0.3) is 0 Å². The van der Waals surface area contributed by atoms with Gasteiger partial charge in [0.1, 0.15) is 12.6 Å². The number of aliphatic carboxylic acids is 1. The van der Waals surface area contributed by atoms with E-state index in [0.717, 1.165) is 11.6 Å². The number of carboxylic acid groups (broad SMARTS) is 1. The summed E-state index contributed by atoms with van der Waals surface area (Å²) in [6.45, 7) is 7.46. The monoisotopic (exact) mass is 338 g/mol. The Balaban J connectivity index is 2.31. The van der Waals surface area contributed by atoms with E-state index in [-0.39, 0.29) is 13.2 Å². The average Bonchev–Trinajstić information content (AvgIpc) is 2.48. The van der Waals surface area contributed by atoms with Gasteiger partial charge in [-0.15, -0.1) is 0 Å². The van der Waals surface area contributed by atoms with E-state index < -0.39 is 26.2 Å². The molecular formula is C16H26N2O4Si. The van der Waals surface area contributed by atoms with E-state index in [0.29, 0.717) is 6.54 Å². The third-order valence-electron chi connectivity index (χ3n) is 3.23. The summed E-state index contributed by atoms with van der Waals surface area (Å²) in [6, 6.07) is 9.48. The van der Waals surface area contributed by atoms with Crippen molar-refractivity contribution >= 4 is 20.1 Å². The number of rotatable bonds is 9. The van der Waals surface area contributed by atoms with E-state index in [1.165, 1.54) is 0 Å². The molecule has 0 aliphatic heterocycles. The Kier molecular flexibility index (Phi) is 7.77. The van der Waals surface area contributed by atoms with Crippen LogP contribution in [-0.4, -0.2) is 44.4 Å². The maximum Gasteiger partial charge on any atom is 0.407 e. The summed E-state index contributed by atoms with van der Waals surface area (Å²) in [7, 11) is -1.22. The molecule has 128 valence electrons. The van der Waals surface area contributed by atoms with Crippen LogP contribution < -0.4 is 10.6 Å². The van der Waals surface area contributed by atoms with Crippen molar-refractivity contribution in [2.45, 2.75) is 38.3 Å². The van der Waals surface area contributed by atoms with Crippen molar-refractivity contribution in [1.29, 1.82) is 0 Å². The number of nitrogens with one attached hydrogen (secondary N) is 2. The maximum atomic E-state index is 11.6. The molecule has 1 aromatic carbocycles. The van der Waals surface area contributed by atoms with Gasteiger partial charge in [-0.3, -0.25) is 4.79 Å². The van der Waals surface area contributed by atoms with Gasteiger partial charge in [0.2, 0.25) is 0 Å². The predicted molar refractivity (Wildman–Crippen MR) is 92.2 cm³/mol. The van der Waals surface area contributed by atoms with Crippen molar-refractivity contribution in [3.05, 3.63) is 35.9 Å². The van der Waals surface area contributed by atoms with Crippen LogP contribution in [0.2, 0.25) is 25.7 Å². The molecule has 0 radical (unpaired) electrons. The fraction of sp³-hybridized carbons (Fsp3) is 0.500. The highest BCUT2D eigenvalue weighted by atomic mass is 28.3. The lowest BCUT2D eigenvalue weighted by atomic mass is 10.2. The minimum absolute atomic E-state index is 0.00530. The lowest BCUT2D eigenvalue weighted by Crippen LogP contribution is -2.47. The zero-order valence-corrected chi connectivity index (χ0v) is 15.0. The number of benzene rings is 1. The molecule has 23 heavy (non-hydrogen) atoms. The third-order valence-corrected chi connectivity index (χ3v) is 4.98. The molecule has 0 aliphatic rings. The van der Waals surface area contributed by atoms with Crippen molar-refractivity contribution in [1.82, 2.24) is 10.6 Å². The summed E-state index contributed by atoms with van der Waals surface area (Å²) >= 11 is 0. The first-order valence-corrected chi connectivity index (χ1v) is 11.4. The van der Waals surface area contributed by atoms with Gasteiger partial charge in [-0.1, -0.05) is 50.0 Å². The van der Waals surface area contributed by atoms with Gasteiger partial charge in [-0.2, -0.15) is 0 Å². The molecule has 6 nitrogen and oxygen atoms in total. The Morgan fingerprint density at radius 3 is 2.43 bits per heavy atom. The molecule has 1 rings (SSSR count). The molecule has 3 N–H and O–H groups in total. The zero-order valence-electron chi connectivity index (χ0n) is 14.0. The van der Waals surface area contributed by atoms with E-state index in [4.69, 9.17) is 4.74 Å². The SMILES string of the molecule is C[Si](C)(C)CCN[C@@H](CNC(=O)OCc1ccccc1)C(=O)O. The second-order valence-corrected chi connectivity index (χ2v) is 12.2. The normalized spacial score (nSPS) is 12.5. The van der Waals surface area contributed by atoms with Crippen LogP contribution in [0.15, 0.2) is 30.3 Å². The molecule has 0 unspecified atom stereocenters. The highest BCUT2D eigenvalue weighted by molar-refractivity contribution is 6.76. The van der Waals surface area contributed by atoms with Crippen LogP contribution in [0.3, 0.4) is 0 Å². The molecule has 1 aromatic rings. The molecule has 0 heterocycles. The summed E-state index contributed by atoms with van der Waals surface area (Å²) in [6.07, 6.45) is -0.618. The fourth-order valence-corrected chi connectivity index (χ4v) is 2.72. The summed E-state index contributed by atoms with van der Waals surface area (Å²) < 4.78 is 5.05. The number of amides is 1. The van der Waals surface area contributed by atoms with Gasteiger partial charge in [0.25, 0.3) is 0 Å². The molecular weight excluding hydrogens is 312 g/mol. The number of carbonyl (C=O) groups excluding carboxylic acids is 1. The van der Waals surface area contributed by atoms with Gasteiger partial charge in [-0.25, -0.2) is 4.79 Å². The summed E-state index contributed by atoms with van der Waals surface area (Å²) in [5, 5.41) is 14.6. The quantitative estimate of drug-likeness (QED) is 0.601. The summed E-state index contributed by atoms with van der Waals surface area (Å²) in [4.78, 5) is 22.8. The maximum absolute atomic E-state index is 11.6. The minimum atomic E-state index is -1.22. The Hall–Kier alpha value is -1.86.